The highest BCUT2D eigenvalue weighted by Gasteiger charge is 2.18. The first kappa shape index (κ1) is 13.1. The average Bonchev–Trinajstić information content (AvgIpc) is 2.93. The Hall–Kier alpha value is -1.37. The molecule has 7 heteroatoms. The smallest absolute Gasteiger partial charge is 0.262 e. The van der Waals surface area contributed by atoms with Gasteiger partial charge in [-0.25, -0.2) is 0 Å². The van der Waals surface area contributed by atoms with Gasteiger partial charge < -0.3 is 19.4 Å². The van der Waals surface area contributed by atoms with Crippen molar-refractivity contribution < 1.29 is 13.7 Å². The van der Waals surface area contributed by atoms with E-state index in [-0.39, 0.29) is 17.2 Å². The molecule has 0 aliphatic rings. The van der Waals surface area contributed by atoms with E-state index in [2.05, 4.69) is 10.1 Å². The molecule has 0 aliphatic carbocycles. The van der Waals surface area contributed by atoms with Crippen molar-refractivity contribution in [1.82, 2.24) is 10.1 Å². The summed E-state index contributed by atoms with van der Waals surface area (Å²) in [5.41, 5.74) is 6.43. The first-order valence-electron chi connectivity index (χ1n) is 5.52. The van der Waals surface area contributed by atoms with Gasteiger partial charge in [0, 0.05) is 0 Å². The van der Waals surface area contributed by atoms with Crippen LogP contribution in [0.5, 0.6) is 0 Å². The lowest BCUT2D eigenvalue weighted by molar-refractivity contribution is 0.0665. The van der Waals surface area contributed by atoms with Gasteiger partial charge in [-0.15, -0.1) is 0 Å². The summed E-state index contributed by atoms with van der Waals surface area (Å²) in [7, 11) is 0. The van der Waals surface area contributed by atoms with E-state index in [1.807, 2.05) is 13.8 Å². The monoisotopic (exact) mass is 271 g/mol. The van der Waals surface area contributed by atoms with Crippen molar-refractivity contribution >= 4 is 11.6 Å². The van der Waals surface area contributed by atoms with Gasteiger partial charge in [-0.1, -0.05) is 5.16 Å². The van der Waals surface area contributed by atoms with Gasteiger partial charge in [-0.05, 0) is 31.5 Å². The van der Waals surface area contributed by atoms with Crippen LogP contribution in [0.3, 0.4) is 0 Å². The normalized spacial score (nSPS) is 13.2. The van der Waals surface area contributed by atoms with E-state index in [0.29, 0.717) is 18.0 Å². The molecule has 6 nitrogen and oxygen atoms in total. The van der Waals surface area contributed by atoms with Crippen LogP contribution in [-0.4, -0.2) is 22.9 Å². The second kappa shape index (κ2) is 5.51. The van der Waals surface area contributed by atoms with Gasteiger partial charge in [-0.2, -0.15) is 4.98 Å². The molecule has 0 amide bonds. The summed E-state index contributed by atoms with van der Waals surface area (Å²) in [4.78, 5) is 4.16. The zero-order chi connectivity index (χ0) is 13.1. The van der Waals surface area contributed by atoms with E-state index in [9.17, 15) is 0 Å². The fourth-order valence-corrected chi connectivity index (χ4v) is 1.51. The van der Waals surface area contributed by atoms with Gasteiger partial charge in [0.1, 0.15) is 0 Å². The van der Waals surface area contributed by atoms with E-state index >= 15 is 0 Å². The highest BCUT2D eigenvalue weighted by atomic mass is 35.5. The Bertz CT molecular complexity index is 509. The number of furan rings is 1. The van der Waals surface area contributed by atoms with Crippen molar-refractivity contribution in [3.8, 4) is 11.5 Å². The summed E-state index contributed by atoms with van der Waals surface area (Å²) < 4.78 is 15.4. The lowest BCUT2D eigenvalue weighted by Gasteiger charge is -2.10. The molecule has 98 valence electrons. The van der Waals surface area contributed by atoms with E-state index in [1.165, 1.54) is 6.26 Å². The SMILES string of the molecule is CC(C)OCC(N)c1noc(-c2ccoc2Cl)n1. The predicted molar refractivity (Wildman–Crippen MR) is 65.0 cm³/mol. The summed E-state index contributed by atoms with van der Waals surface area (Å²) >= 11 is 5.82. The number of aromatic nitrogens is 2. The van der Waals surface area contributed by atoms with Crippen molar-refractivity contribution in [2.24, 2.45) is 5.73 Å². The van der Waals surface area contributed by atoms with Crippen LogP contribution in [0.1, 0.15) is 25.7 Å². The Morgan fingerprint density at radius 2 is 2.28 bits per heavy atom. The minimum atomic E-state index is -0.435. The third-order valence-corrected chi connectivity index (χ3v) is 2.52. The van der Waals surface area contributed by atoms with Gasteiger partial charge in [0.05, 0.1) is 30.6 Å². The van der Waals surface area contributed by atoms with Gasteiger partial charge in [0.25, 0.3) is 5.89 Å². The lowest BCUT2D eigenvalue weighted by atomic mass is 10.3. The molecule has 0 aromatic carbocycles. The molecule has 0 fully saturated rings. The van der Waals surface area contributed by atoms with Crippen molar-refractivity contribution in [1.29, 1.82) is 0 Å². The molecule has 2 rings (SSSR count). The van der Waals surface area contributed by atoms with Crippen molar-refractivity contribution in [2.75, 3.05) is 6.61 Å². The third kappa shape index (κ3) is 2.90. The van der Waals surface area contributed by atoms with Crippen LogP contribution < -0.4 is 5.73 Å². The maximum atomic E-state index is 5.88. The number of hydrogen-bond donors (Lipinski definition) is 1. The summed E-state index contributed by atoms with van der Waals surface area (Å²) in [5.74, 6) is 0.659. The Balaban J connectivity index is 2.08. The second-order valence-electron chi connectivity index (χ2n) is 4.05. The molecule has 1 unspecified atom stereocenters. The number of ether oxygens (including phenoxy) is 1. The molecule has 0 spiro atoms. The molecule has 0 saturated heterocycles. The van der Waals surface area contributed by atoms with Crippen LogP contribution in [0.4, 0.5) is 0 Å². The number of nitrogens with two attached hydrogens (primary N) is 1. The number of halogens is 1. The minimum Gasteiger partial charge on any atom is -0.452 e. The fourth-order valence-electron chi connectivity index (χ4n) is 1.31. The van der Waals surface area contributed by atoms with Gasteiger partial charge >= 0.3 is 0 Å². The van der Waals surface area contributed by atoms with E-state index in [1.54, 1.807) is 6.07 Å². The van der Waals surface area contributed by atoms with Crippen LogP contribution in [-0.2, 0) is 4.74 Å². The van der Waals surface area contributed by atoms with E-state index in [4.69, 9.17) is 31.0 Å². The largest absolute Gasteiger partial charge is 0.452 e. The Kier molecular flexibility index (Phi) is 4.00. The number of hydrogen-bond acceptors (Lipinski definition) is 6. The van der Waals surface area contributed by atoms with Crippen LogP contribution in [0.2, 0.25) is 5.22 Å². The quantitative estimate of drug-likeness (QED) is 0.898. The lowest BCUT2D eigenvalue weighted by Crippen LogP contribution is -2.20. The molecular formula is C11H14ClN3O3. The molecule has 18 heavy (non-hydrogen) atoms. The molecule has 2 aromatic rings. The fraction of sp³-hybridized carbons (Fsp3) is 0.455. The molecule has 2 N–H and O–H groups in total. The highest BCUT2D eigenvalue weighted by Crippen LogP contribution is 2.27. The molecule has 0 bridgehead atoms. The first-order valence-corrected chi connectivity index (χ1v) is 5.90. The summed E-state index contributed by atoms with van der Waals surface area (Å²) in [5, 5.41) is 4.01. The topological polar surface area (TPSA) is 87.3 Å². The molecule has 0 saturated carbocycles. The Morgan fingerprint density at radius 3 is 2.89 bits per heavy atom. The van der Waals surface area contributed by atoms with Crippen LogP contribution in [0.25, 0.3) is 11.5 Å². The van der Waals surface area contributed by atoms with Crippen molar-refractivity contribution in [3.63, 3.8) is 0 Å². The summed E-state index contributed by atoms with van der Waals surface area (Å²) in [6, 6.07) is 1.21. The highest BCUT2D eigenvalue weighted by molar-refractivity contribution is 6.31. The molecule has 2 heterocycles. The zero-order valence-corrected chi connectivity index (χ0v) is 10.8. The van der Waals surface area contributed by atoms with E-state index in [0.717, 1.165) is 0 Å². The van der Waals surface area contributed by atoms with Crippen LogP contribution in [0.15, 0.2) is 21.3 Å². The van der Waals surface area contributed by atoms with E-state index < -0.39 is 6.04 Å². The van der Waals surface area contributed by atoms with Crippen molar-refractivity contribution in [2.45, 2.75) is 26.0 Å². The Labute approximate surface area is 109 Å². The maximum Gasteiger partial charge on any atom is 0.262 e. The summed E-state index contributed by atoms with van der Waals surface area (Å²) in [6.45, 7) is 4.19. The maximum absolute atomic E-state index is 5.88. The molecule has 0 aliphatic heterocycles. The number of rotatable bonds is 5. The molecule has 1 atom stereocenters. The van der Waals surface area contributed by atoms with Gasteiger partial charge in [-0.3, -0.25) is 0 Å². The third-order valence-electron chi connectivity index (χ3n) is 2.23. The Morgan fingerprint density at radius 1 is 1.50 bits per heavy atom. The number of nitrogens with zero attached hydrogens (tertiary/aromatic N) is 2. The average molecular weight is 272 g/mol. The first-order chi connectivity index (χ1) is 8.58. The molecular weight excluding hydrogens is 258 g/mol. The predicted octanol–water partition coefficient (Wildman–Crippen LogP) is 2.41. The second-order valence-corrected chi connectivity index (χ2v) is 4.40. The molecule has 0 radical (unpaired) electrons. The zero-order valence-electron chi connectivity index (χ0n) is 10.1. The summed E-state index contributed by atoms with van der Waals surface area (Å²) in [6.07, 6.45) is 1.55. The van der Waals surface area contributed by atoms with Crippen LogP contribution in [0, 0.1) is 0 Å². The molecule has 2 aromatic heterocycles. The minimum absolute atomic E-state index is 0.103. The van der Waals surface area contributed by atoms with Crippen molar-refractivity contribution in [3.05, 3.63) is 23.4 Å². The van der Waals surface area contributed by atoms with Gasteiger partial charge in [0.15, 0.2) is 5.82 Å². The van der Waals surface area contributed by atoms with Crippen LogP contribution >= 0.6 is 11.6 Å². The van der Waals surface area contributed by atoms with Gasteiger partial charge in [0.2, 0.25) is 5.22 Å². The standard InChI is InChI=1S/C11H14ClN3O3/c1-6(2)17-5-8(13)10-14-11(18-15-10)7-3-4-16-9(7)12/h3-4,6,8H,5,13H2,1-2H3.